The molecule has 1 aliphatic heterocycles. The molecule has 178 valence electrons. The van der Waals surface area contributed by atoms with Crippen LogP contribution in [0.15, 0.2) is 81.6 Å². The first-order valence-electron chi connectivity index (χ1n) is 11.1. The number of hydrogen-bond donors (Lipinski definition) is 3. The van der Waals surface area contributed by atoms with E-state index in [4.69, 9.17) is 4.74 Å². The number of para-hydroxylation sites is 1. The number of aromatic nitrogens is 2. The van der Waals surface area contributed by atoms with Gasteiger partial charge >= 0.3 is 0 Å². The second-order valence-corrected chi connectivity index (χ2v) is 8.85. The van der Waals surface area contributed by atoms with E-state index in [9.17, 15) is 4.79 Å². The summed E-state index contributed by atoms with van der Waals surface area (Å²) in [6.07, 6.45) is 1.73. The second-order valence-electron chi connectivity index (χ2n) is 8.00. The molecule has 4 aromatic rings. The fourth-order valence-electron chi connectivity index (χ4n) is 3.92. The number of nitrogens with one attached hydrogen (secondary N) is 3. The molecule has 1 aliphatic rings. The average molecular weight is 536 g/mol. The van der Waals surface area contributed by atoms with Crippen molar-refractivity contribution in [2.45, 2.75) is 13.5 Å². The van der Waals surface area contributed by atoms with Gasteiger partial charge in [0.2, 0.25) is 0 Å². The molecule has 0 atom stereocenters. The Labute approximate surface area is 209 Å². The van der Waals surface area contributed by atoms with Gasteiger partial charge in [0.25, 0.3) is 5.56 Å². The van der Waals surface area contributed by atoms with Crippen LogP contribution in [0.4, 0.5) is 21.6 Å². The lowest BCUT2D eigenvalue weighted by Crippen LogP contribution is -2.22. The number of anilines is 3. The summed E-state index contributed by atoms with van der Waals surface area (Å²) in [6, 6.07) is 16.2. The van der Waals surface area contributed by atoms with Crippen molar-refractivity contribution in [3.8, 4) is 11.1 Å². The van der Waals surface area contributed by atoms with E-state index in [1.807, 2.05) is 43.3 Å². The van der Waals surface area contributed by atoms with Gasteiger partial charge in [-0.3, -0.25) is 4.79 Å². The van der Waals surface area contributed by atoms with Gasteiger partial charge in [-0.2, -0.15) is 0 Å². The van der Waals surface area contributed by atoms with Crippen molar-refractivity contribution in [2.24, 2.45) is 0 Å². The van der Waals surface area contributed by atoms with E-state index >= 15 is 4.39 Å². The summed E-state index contributed by atoms with van der Waals surface area (Å²) in [4.78, 5) is 17.9. The number of pyridine rings is 2. The highest BCUT2D eigenvalue weighted by atomic mass is 79.9. The summed E-state index contributed by atoms with van der Waals surface area (Å²) in [7, 11) is 1.78. The summed E-state index contributed by atoms with van der Waals surface area (Å²) in [5, 5.41) is 10.2. The number of nitrogens with zero attached hydrogens (tertiary/aromatic N) is 2. The van der Waals surface area contributed by atoms with E-state index in [-0.39, 0.29) is 11.2 Å². The first-order valence-corrected chi connectivity index (χ1v) is 11.9. The monoisotopic (exact) mass is 535 g/mol. The quantitative estimate of drug-likeness (QED) is 0.261. The van der Waals surface area contributed by atoms with Crippen LogP contribution in [-0.2, 0) is 11.3 Å². The lowest BCUT2D eigenvalue weighted by atomic mass is 10.0. The molecule has 0 saturated carbocycles. The van der Waals surface area contributed by atoms with Gasteiger partial charge in [-0.25, -0.2) is 9.37 Å². The zero-order valence-electron chi connectivity index (χ0n) is 19.2. The van der Waals surface area contributed by atoms with Crippen LogP contribution in [-0.4, -0.2) is 23.2 Å². The van der Waals surface area contributed by atoms with Crippen LogP contribution in [0.3, 0.4) is 0 Å². The Morgan fingerprint density at radius 3 is 2.60 bits per heavy atom. The van der Waals surface area contributed by atoms with E-state index in [1.165, 1.54) is 6.07 Å². The van der Waals surface area contributed by atoms with E-state index in [2.05, 4.69) is 36.9 Å². The Morgan fingerprint density at radius 2 is 1.91 bits per heavy atom. The van der Waals surface area contributed by atoms with Crippen molar-refractivity contribution in [3.63, 3.8) is 0 Å². The molecule has 0 unspecified atom stereocenters. The number of epoxide rings is 1. The molecule has 5 rings (SSSR count). The van der Waals surface area contributed by atoms with Crippen LogP contribution in [0, 0.1) is 5.82 Å². The van der Waals surface area contributed by atoms with Gasteiger partial charge in [0, 0.05) is 52.5 Å². The maximum absolute atomic E-state index is 15.0. The van der Waals surface area contributed by atoms with Crippen LogP contribution in [0.5, 0.6) is 0 Å². The van der Waals surface area contributed by atoms with Crippen LogP contribution in [0.1, 0.15) is 6.92 Å². The van der Waals surface area contributed by atoms with Crippen LogP contribution < -0.4 is 21.5 Å². The molecule has 3 N–H and O–H groups in total. The molecule has 3 heterocycles. The molecular weight excluding hydrogens is 513 g/mol. The van der Waals surface area contributed by atoms with Gasteiger partial charge in [-0.05, 0) is 37.3 Å². The fourth-order valence-corrected chi connectivity index (χ4v) is 4.45. The van der Waals surface area contributed by atoms with E-state index in [0.29, 0.717) is 46.1 Å². The molecule has 0 bridgehead atoms. The summed E-state index contributed by atoms with van der Waals surface area (Å²) in [5.41, 5.74) is 2.68. The van der Waals surface area contributed by atoms with Crippen molar-refractivity contribution < 1.29 is 9.13 Å². The molecule has 1 saturated heterocycles. The van der Waals surface area contributed by atoms with Crippen LogP contribution >= 0.6 is 15.9 Å². The summed E-state index contributed by atoms with van der Waals surface area (Å²) in [5.74, 6) is 1.46. The molecule has 7 nitrogen and oxygen atoms in total. The Bertz CT molecular complexity index is 1510. The number of aryl methyl sites for hydroxylation is 1. The summed E-state index contributed by atoms with van der Waals surface area (Å²) < 4.78 is 22.6. The number of hydrogen-bond acceptors (Lipinski definition) is 6. The van der Waals surface area contributed by atoms with Gasteiger partial charge in [-0.1, -0.05) is 34.1 Å². The Morgan fingerprint density at radius 1 is 1.14 bits per heavy atom. The zero-order chi connectivity index (χ0) is 24.5. The molecule has 9 heteroatoms. The number of fused-ring (bicyclic) bond motifs is 1. The van der Waals surface area contributed by atoms with Gasteiger partial charge < -0.3 is 25.3 Å². The molecule has 2 aromatic heterocycles. The maximum Gasteiger partial charge on any atom is 0.258 e. The molecule has 35 heavy (non-hydrogen) atoms. The highest BCUT2D eigenvalue weighted by Gasteiger charge is 2.23. The van der Waals surface area contributed by atoms with Crippen LogP contribution in [0.25, 0.3) is 22.0 Å². The zero-order valence-corrected chi connectivity index (χ0v) is 20.7. The molecule has 2 aromatic carbocycles. The van der Waals surface area contributed by atoms with E-state index in [0.717, 1.165) is 16.6 Å². The largest absolute Gasteiger partial charge is 0.482 e. The number of rotatable bonds is 7. The predicted molar refractivity (Wildman–Crippen MR) is 141 cm³/mol. The minimum absolute atomic E-state index is 0.168. The number of benzene rings is 2. The standard InChI is InChI=1S/C26H23BrFN5O2/c1-3-33-22-12-24(29-2)30-13-15(22)9-18(26(33)34)17-10-21(20(28)11-19(17)27)32-25(23-14-35-23)31-16-7-5-4-6-8-16/h4-13,31-32H,3,14H2,1-2H3,(H,29,30)/b25-23-. The molecule has 0 aliphatic carbocycles. The third-order valence-electron chi connectivity index (χ3n) is 5.77. The summed E-state index contributed by atoms with van der Waals surface area (Å²) >= 11 is 3.45. The van der Waals surface area contributed by atoms with Crippen molar-refractivity contribution in [1.29, 1.82) is 0 Å². The van der Waals surface area contributed by atoms with Crippen molar-refractivity contribution >= 4 is 44.0 Å². The number of halogens is 2. The Kier molecular flexibility index (Phi) is 6.17. The normalized spacial score (nSPS) is 13.8. The third-order valence-corrected chi connectivity index (χ3v) is 6.42. The Hall–Kier alpha value is -3.85. The highest BCUT2D eigenvalue weighted by molar-refractivity contribution is 9.10. The minimum Gasteiger partial charge on any atom is -0.482 e. The molecule has 0 spiro atoms. The lowest BCUT2D eigenvalue weighted by Gasteiger charge is -2.16. The minimum atomic E-state index is -0.467. The summed E-state index contributed by atoms with van der Waals surface area (Å²) in [6.45, 7) is 2.86. The Balaban J connectivity index is 1.59. The SMILES string of the molecule is CCn1c(=O)c(-c2cc(N/C(Nc3ccccc3)=C3/CO3)c(F)cc2Br)cc2cnc(NC)cc21. The van der Waals surface area contributed by atoms with Crippen LogP contribution in [0.2, 0.25) is 0 Å². The smallest absolute Gasteiger partial charge is 0.258 e. The van der Waals surface area contributed by atoms with Gasteiger partial charge in [0.1, 0.15) is 18.2 Å². The fraction of sp³-hybridized carbons (Fsp3) is 0.154. The van der Waals surface area contributed by atoms with E-state index in [1.54, 1.807) is 29.9 Å². The molecule has 0 amide bonds. The first-order chi connectivity index (χ1) is 17.0. The maximum atomic E-state index is 15.0. The van der Waals surface area contributed by atoms with Crippen molar-refractivity contribution in [2.75, 3.05) is 29.6 Å². The number of ether oxygens (including phenoxy) is 1. The lowest BCUT2D eigenvalue weighted by molar-refractivity contribution is 0.507. The second kappa shape index (κ2) is 9.42. The van der Waals surface area contributed by atoms with E-state index < -0.39 is 5.82 Å². The van der Waals surface area contributed by atoms with Gasteiger partial charge in [0.15, 0.2) is 11.6 Å². The third kappa shape index (κ3) is 4.59. The molecule has 1 fully saturated rings. The average Bonchev–Trinajstić information content (AvgIpc) is 3.71. The first kappa shape index (κ1) is 22.9. The molecular formula is C26H23BrFN5O2. The van der Waals surface area contributed by atoms with Crippen molar-refractivity contribution in [3.05, 3.63) is 93.0 Å². The van der Waals surface area contributed by atoms with Gasteiger partial charge in [0.05, 0.1) is 11.2 Å². The van der Waals surface area contributed by atoms with Gasteiger partial charge in [-0.15, -0.1) is 0 Å². The predicted octanol–water partition coefficient (Wildman–Crippen LogP) is 5.75. The van der Waals surface area contributed by atoms with Crippen molar-refractivity contribution in [1.82, 2.24) is 9.55 Å². The topological polar surface area (TPSA) is 83.5 Å². The highest BCUT2D eigenvalue weighted by Crippen LogP contribution is 2.34. The molecule has 0 radical (unpaired) electrons.